The van der Waals surface area contributed by atoms with Crippen molar-refractivity contribution >= 4 is 22.3 Å². The van der Waals surface area contributed by atoms with Gasteiger partial charge in [-0.05, 0) is 29.1 Å². The Kier molecular flexibility index (Phi) is 4.42. The Balaban J connectivity index is 1.37. The van der Waals surface area contributed by atoms with E-state index >= 15 is 0 Å². The number of ether oxygens (including phenoxy) is 1. The zero-order valence-corrected chi connectivity index (χ0v) is 15.9. The van der Waals surface area contributed by atoms with Crippen LogP contribution < -0.4 is 10.2 Å². The van der Waals surface area contributed by atoms with Gasteiger partial charge in [-0.1, -0.05) is 35.5 Å². The lowest BCUT2D eigenvalue weighted by atomic mass is 10.1. The van der Waals surface area contributed by atoms with Crippen molar-refractivity contribution in [3.8, 4) is 28.3 Å². The van der Waals surface area contributed by atoms with Crippen molar-refractivity contribution in [1.82, 2.24) is 10.1 Å². The minimum Gasteiger partial charge on any atom is -0.484 e. The molecule has 0 saturated carbocycles. The fourth-order valence-corrected chi connectivity index (χ4v) is 3.62. The predicted molar refractivity (Wildman–Crippen MR) is 110 cm³/mol. The molecule has 7 heteroatoms. The molecule has 5 aromatic rings. The highest BCUT2D eigenvalue weighted by molar-refractivity contribution is 7.08. The molecule has 6 nitrogen and oxygen atoms in total. The van der Waals surface area contributed by atoms with Crippen molar-refractivity contribution in [1.29, 1.82) is 0 Å². The van der Waals surface area contributed by atoms with Crippen LogP contribution in [0, 0.1) is 0 Å². The number of thiophene rings is 1. The smallest absolute Gasteiger partial charge is 0.264 e. The van der Waals surface area contributed by atoms with Crippen LogP contribution in [0.4, 0.5) is 0 Å². The monoisotopic (exact) mass is 402 g/mol. The molecule has 3 aromatic heterocycles. The van der Waals surface area contributed by atoms with Crippen molar-refractivity contribution in [3.63, 3.8) is 0 Å². The van der Waals surface area contributed by atoms with Gasteiger partial charge in [-0.25, -0.2) is 0 Å². The van der Waals surface area contributed by atoms with Gasteiger partial charge in [-0.3, -0.25) is 4.79 Å². The lowest BCUT2D eigenvalue weighted by molar-refractivity contribution is 0.243. The third-order valence-electron chi connectivity index (χ3n) is 4.44. The molecule has 0 amide bonds. The zero-order chi connectivity index (χ0) is 19.6. The second-order valence-electron chi connectivity index (χ2n) is 6.31. The van der Waals surface area contributed by atoms with Gasteiger partial charge in [0, 0.05) is 17.0 Å². The summed E-state index contributed by atoms with van der Waals surface area (Å²) >= 11 is 1.57. The molecule has 0 aliphatic heterocycles. The predicted octanol–water partition coefficient (Wildman–Crippen LogP) is 5.15. The van der Waals surface area contributed by atoms with E-state index in [0.29, 0.717) is 34.0 Å². The fraction of sp³-hybridized carbons (Fsp3) is 0.0455. The molecule has 0 N–H and O–H groups in total. The normalized spacial score (nSPS) is 11.0. The molecular formula is C22H14N2O4S. The maximum atomic E-state index is 12.8. The zero-order valence-electron chi connectivity index (χ0n) is 15.1. The van der Waals surface area contributed by atoms with Gasteiger partial charge in [-0.2, -0.15) is 16.3 Å². The Bertz CT molecular complexity index is 1320. The van der Waals surface area contributed by atoms with Crippen molar-refractivity contribution in [2.45, 2.75) is 6.61 Å². The Hall–Kier alpha value is -3.71. The molecule has 0 aliphatic carbocycles. The maximum Gasteiger partial charge on any atom is 0.264 e. The maximum absolute atomic E-state index is 12.8. The van der Waals surface area contributed by atoms with Crippen LogP contribution in [0.5, 0.6) is 5.75 Å². The largest absolute Gasteiger partial charge is 0.484 e. The molecule has 0 fully saturated rings. The topological polar surface area (TPSA) is 78.4 Å². The van der Waals surface area contributed by atoms with Crippen molar-refractivity contribution in [3.05, 3.63) is 87.7 Å². The Morgan fingerprint density at radius 1 is 1.03 bits per heavy atom. The average molecular weight is 402 g/mol. The number of hydrogen-bond acceptors (Lipinski definition) is 7. The summed E-state index contributed by atoms with van der Waals surface area (Å²) in [6.45, 7) is 0.120. The van der Waals surface area contributed by atoms with Crippen LogP contribution in [0.15, 0.2) is 85.4 Å². The molecule has 0 aliphatic rings. The quantitative estimate of drug-likeness (QED) is 0.404. The molecule has 0 unspecified atom stereocenters. The van der Waals surface area contributed by atoms with Gasteiger partial charge in [0.1, 0.15) is 17.6 Å². The summed E-state index contributed by atoms with van der Waals surface area (Å²) in [6.07, 6.45) is 1.48. The van der Waals surface area contributed by atoms with Gasteiger partial charge < -0.3 is 13.7 Å². The Labute approximate surface area is 169 Å². The lowest BCUT2D eigenvalue weighted by Gasteiger charge is -2.06. The lowest BCUT2D eigenvalue weighted by Crippen LogP contribution is -2.05. The average Bonchev–Trinajstić information content (AvgIpc) is 3.45. The molecule has 29 heavy (non-hydrogen) atoms. The first-order valence-electron chi connectivity index (χ1n) is 8.87. The van der Waals surface area contributed by atoms with Gasteiger partial charge in [0.15, 0.2) is 12.0 Å². The van der Waals surface area contributed by atoms with Crippen LogP contribution in [0.3, 0.4) is 0 Å². The van der Waals surface area contributed by atoms with Gasteiger partial charge >= 0.3 is 0 Å². The van der Waals surface area contributed by atoms with E-state index in [4.69, 9.17) is 13.7 Å². The third kappa shape index (κ3) is 3.43. The van der Waals surface area contributed by atoms with Crippen molar-refractivity contribution in [2.24, 2.45) is 0 Å². The van der Waals surface area contributed by atoms with Gasteiger partial charge in [0.2, 0.25) is 5.82 Å². The molecule has 0 saturated heterocycles. The summed E-state index contributed by atoms with van der Waals surface area (Å²) in [5.41, 5.74) is 2.63. The molecule has 0 radical (unpaired) electrons. The second-order valence-corrected chi connectivity index (χ2v) is 7.09. The van der Waals surface area contributed by atoms with Gasteiger partial charge in [0.05, 0.1) is 10.9 Å². The second kappa shape index (κ2) is 7.37. The van der Waals surface area contributed by atoms with Crippen molar-refractivity contribution in [2.75, 3.05) is 0 Å². The summed E-state index contributed by atoms with van der Waals surface area (Å²) in [4.78, 5) is 17.1. The number of aromatic nitrogens is 2. The summed E-state index contributed by atoms with van der Waals surface area (Å²) in [6, 6.07) is 16.5. The van der Waals surface area contributed by atoms with E-state index in [1.165, 1.54) is 6.26 Å². The summed E-state index contributed by atoms with van der Waals surface area (Å²) in [5, 5.41) is 8.35. The van der Waals surface area contributed by atoms with Crippen LogP contribution in [0.2, 0.25) is 0 Å². The Morgan fingerprint density at radius 2 is 1.93 bits per heavy atom. The van der Waals surface area contributed by atoms with Crippen LogP contribution in [0.1, 0.15) is 5.89 Å². The summed E-state index contributed by atoms with van der Waals surface area (Å²) in [5.74, 6) is 1.44. The summed E-state index contributed by atoms with van der Waals surface area (Å²) in [7, 11) is 0. The van der Waals surface area contributed by atoms with E-state index in [1.807, 2.05) is 47.2 Å². The molecule has 0 bridgehead atoms. The molecular weight excluding hydrogens is 388 g/mol. The first-order valence-corrected chi connectivity index (χ1v) is 9.81. The van der Waals surface area contributed by atoms with E-state index in [1.54, 1.807) is 29.5 Å². The highest BCUT2D eigenvalue weighted by atomic mass is 32.1. The number of nitrogens with zero attached hydrogens (tertiary/aromatic N) is 2. The van der Waals surface area contributed by atoms with Crippen LogP contribution in [-0.4, -0.2) is 10.1 Å². The van der Waals surface area contributed by atoms with Crippen molar-refractivity contribution < 1.29 is 13.7 Å². The molecule has 142 valence electrons. The highest BCUT2D eigenvalue weighted by Gasteiger charge is 2.12. The number of hydrogen-bond donors (Lipinski definition) is 0. The first-order chi connectivity index (χ1) is 14.3. The molecule has 2 aromatic carbocycles. The van der Waals surface area contributed by atoms with Gasteiger partial charge in [0.25, 0.3) is 5.89 Å². The van der Waals surface area contributed by atoms with E-state index in [-0.39, 0.29) is 12.0 Å². The number of fused-ring (bicyclic) bond motifs is 1. The van der Waals surface area contributed by atoms with Crippen LogP contribution in [0.25, 0.3) is 33.5 Å². The fourth-order valence-electron chi connectivity index (χ4n) is 2.98. The van der Waals surface area contributed by atoms with E-state index in [9.17, 15) is 4.79 Å². The number of rotatable bonds is 5. The SMILES string of the molecule is O=c1c(-c2ccccc2)coc2cc(OCc3nc(-c4ccsc4)no3)ccc12. The highest BCUT2D eigenvalue weighted by Crippen LogP contribution is 2.24. The third-order valence-corrected chi connectivity index (χ3v) is 5.12. The summed E-state index contributed by atoms with van der Waals surface area (Å²) < 4.78 is 16.7. The Morgan fingerprint density at radius 3 is 2.76 bits per heavy atom. The van der Waals surface area contributed by atoms with Crippen LogP contribution in [-0.2, 0) is 6.61 Å². The van der Waals surface area contributed by atoms with E-state index in [0.717, 1.165) is 11.1 Å². The molecule has 3 heterocycles. The minimum absolute atomic E-state index is 0.0821. The minimum atomic E-state index is -0.0821. The molecule has 0 atom stereocenters. The number of benzene rings is 2. The van der Waals surface area contributed by atoms with Crippen LogP contribution >= 0.6 is 11.3 Å². The standard InChI is InChI=1S/C22H14N2O4S/c25-21-17-7-6-16(10-19(17)27-11-18(21)14-4-2-1-3-5-14)26-12-20-23-22(24-28-20)15-8-9-29-13-15/h1-11,13H,12H2. The molecule has 0 spiro atoms. The van der Waals surface area contributed by atoms with Gasteiger partial charge in [-0.15, -0.1) is 0 Å². The van der Waals surface area contributed by atoms with E-state index < -0.39 is 0 Å². The van der Waals surface area contributed by atoms with E-state index in [2.05, 4.69) is 10.1 Å². The molecule has 5 rings (SSSR count). The first kappa shape index (κ1) is 17.4.